The Kier molecular flexibility index (Phi) is 6.69. The molecule has 2 aromatic rings. The van der Waals surface area contributed by atoms with Crippen LogP contribution in [0.25, 0.3) is 11.7 Å². The highest BCUT2D eigenvalue weighted by Gasteiger charge is 2.33. The van der Waals surface area contributed by atoms with Crippen LogP contribution < -0.4 is 10.5 Å². The molecule has 0 spiro atoms. The maximum absolute atomic E-state index is 13.6. The summed E-state index contributed by atoms with van der Waals surface area (Å²) >= 11 is 6.62. The van der Waals surface area contributed by atoms with Gasteiger partial charge in [-0.25, -0.2) is 4.98 Å². The van der Waals surface area contributed by atoms with Crippen LogP contribution in [-0.4, -0.2) is 57.9 Å². The number of carbonyl (C=O) groups excluding carboxylic acids is 1. The molecule has 4 rings (SSSR count). The van der Waals surface area contributed by atoms with Crippen molar-refractivity contribution in [3.05, 3.63) is 44.7 Å². The van der Waals surface area contributed by atoms with Crippen molar-refractivity contribution in [2.45, 2.75) is 27.2 Å². The van der Waals surface area contributed by atoms with Gasteiger partial charge in [-0.05, 0) is 42.9 Å². The third-order valence-corrected chi connectivity index (χ3v) is 7.28. The molecule has 0 bridgehead atoms. The van der Waals surface area contributed by atoms with Gasteiger partial charge in [0, 0.05) is 26.4 Å². The summed E-state index contributed by atoms with van der Waals surface area (Å²) in [6.07, 6.45) is 4.55. The second kappa shape index (κ2) is 9.33. The molecule has 0 N–H and O–H groups in total. The van der Waals surface area contributed by atoms with Crippen LogP contribution in [0.4, 0.5) is 5.82 Å². The third-order valence-electron chi connectivity index (χ3n) is 5.90. The molecule has 9 heteroatoms. The summed E-state index contributed by atoms with van der Waals surface area (Å²) < 4.78 is 7.14. The fourth-order valence-corrected chi connectivity index (χ4v) is 5.80. The number of methoxy groups -OCH3 is 1. The first-order chi connectivity index (χ1) is 15.3. The lowest BCUT2D eigenvalue weighted by Crippen LogP contribution is -2.40. The van der Waals surface area contributed by atoms with Crippen LogP contribution in [0, 0.1) is 18.8 Å². The molecule has 2 aromatic heterocycles. The molecular formula is C23H28N4O3S2. The van der Waals surface area contributed by atoms with E-state index in [1.165, 1.54) is 16.7 Å². The van der Waals surface area contributed by atoms with Crippen LogP contribution in [0.3, 0.4) is 0 Å². The summed E-state index contributed by atoms with van der Waals surface area (Å²) in [7, 11) is 1.59. The lowest BCUT2D eigenvalue weighted by Gasteiger charge is -2.36. The first-order valence-corrected chi connectivity index (χ1v) is 12.0. The minimum Gasteiger partial charge on any atom is -0.383 e. The molecule has 0 unspecified atom stereocenters. The van der Waals surface area contributed by atoms with E-state index in [1.54, 1.807) is 23.8 Å². The van der Waals surface area contributed by atoms with Crippen molar-refractivity contribution in [3.63, 3.8) is 0 Å². The molecule has 0 aliphatic carbocycles. The Hall–Kier alpha value is -2.23. The highest BCUT2D eigenvalue weighted by molar-refractivity contribution is 8.26. The number of thioether (sulfide) groups is 1. The Morgan fingerprint density at radius 1 is 1.28 bits per heavy atom. The van der Waals surface area contributed by atoms with E-state index in [0.717, 1.165) is 25.1 Å². The SMILES string of the molecule is COCCN1C(=O)/C(=C/c2c(N3C[C@H](C)C[C@@H](C)C3)nc3c(C)cccn3c2=O)SC1=S. The molecule has 4 heterocycles. The van der Waals surface area contributed by atoms with Gasteiger partial charge in [0.25, 0.3) is 11.5 Å². The molecule has 0 aromatic carbocycles. The smallest absolute Gasteiger partial charge is 0.267 e. The molecule has 7 nitrogen and oxygen atoms in total. The molecule has 170 valence electrons. The number of pyridine rings is 1. The second-order valence-corrected chi connectivity index (χ2v) is 10.4. The zero-order chi connectivity index (χ0) is 23.0. The van der Waals surface area contributed by atoms with Gasteiger partial charge in [-0.15, -0.1) is 0 Å². The topological polar surface area (TPSA) is 67.2 Å². The number of aryl methyl sites for hydroxylation is 1. The van der Waals surface area contributed by atoms with E-state index in [4.69, 9.17) is 21.9 Å². The molecule has 2 atom stereocenters. The normalized spacial score (nSPS) is 23.1. The Bertz CT molecular complexity index is 1150. The molecule has 2 saturated heterocycles. The third kappa shape index (κ3) is 4.33. The number of aromatic nitrogens is 2. The minimum atomic E-state index is -0.197. The predicted octanol–water partition coefficient (Wildman–Crippen LogP) is 3.33. The molecular weight excluding hydrogens is 444 g/mol. The molecule has 2 aliphatic rings. The van der Waals surface area contributed by atoms with E-state index < -0.39 is 0 Å². The van der Waals surface area contributed by atoms with E-state index in [1.807, 2.05) is 19.1 Å². The Morgan fingerprint density at radius 3 is 2.69 bits per heavy atom. The average molecular weight is 473 g/mol. The van der Waals surface area contributed by atoms with E-state index in [9.17, 15) is 9.59 Å². The number of piperidine rings is 1. The van der Waals surface area contributed by atoms with Gasteiger partial charge in [-0.1, -0.05) is 43.9 Å². The summed E-state index contributed by atoms with van der Waals surface area (Å²) in [4.78, 5) is 35.7. The monoisotopic (exact) mass is 472 g/mol. The maximum Gasteiger partial charge on any atom is 0.267 e. The lowest BCUT2D eigenvalue weighted by atomic mass is 9.91. The van der Waals surface area contributed by atoms with Crippen molar-refractivity contribution in [2.24, 2.45) is 11.8 Å². The van der Waals surface area contributed by atoms with Gasteiger partial charge in [0.15, 0.2) is 0 Å². The maximum atomic E-state index is 13.6. The van der Waals surface area contributed by atoms with Gasteiger partial charge >= 0.3 is 0 Å². The molecule has 0 saturated carbocycles. The van der Waals surface area contributed by atoms with Crippen molar-refractivity contribution in [1.29, 1.82) is 0 Å². The highest BCUT2D eigenvalue weighted by atomic mass is 32.2. The van der Waals surface area contributed by atoms with Crippen LogP contribution in [0.2, 0.25) is 0 Å². The average Bonchev–Trinajstić information content (AvgIpc) is 3.00. The summed E-state index contributed by atoms with van der Waals surface area (Å²) in [5.41, 5.74) is 1.83. The molecule has 1 amide bonds. The zero-order valence-electron chi connectivity index (χ0n) is 18.8. The van der Waals surface area contributed by atoms with E-state index >= 15 is 0 Å². The number of carbonyl (C=O) groups is 1. The van der Waals surface area contributed by atoms with Crippen LogP contribution in [0.5, 0.6) is 0 Å². The van der Waals surface area contributed by atoms with E-state index in [0.29, 0.717) is 51.2 Å². The van der Waals surface area contributed by atoms with E-state index in [2.05, 4.69) is 18.7 Å². The molecule has 0 radical (unpaired) electrons. The summed E-state index contributed by atoms with van der Waals surface area (Å²) in [6.45, 7) is 8.84. The van der Waals surface area contributed by atoms with Gasteiger partial charge in [-0.2, -0.15) is 0 Å². The number of rotatable bonds is 5. The zero-order valence-corrected chi connectivity index (χ0v) is 20.5. The van der Waals surface area contributed by atoms with Gasteiger partial charge < -0.3 is 9.64 Å². The standard InChI is InChI=1S/C23H28N4O3S2/c1-14-10-15(2)13-25(12-14)20-17(21(28)26-7-5-6-16(3)19(26)24-20)11-18-22(29)27(8-9-30-4)23(31)32-18/h5-7,11,14-15H,8-10,12-13H2,1-4H3/b18-11-/t14-,15-/m1/s1. The van der Waals surface area contributed by atoms with Crippen molar-refractivity contribution >= 4 is 51.7 Å². The number of amides is 1. The lowest BCUT2D eigenvalue weighted by molar-refractivity contribution is -0.122. The molecule has 32 heavy (non-hydrogen) atoms. The quantitative estimate of drug-likeness (QED) is 0.488. The van der Waals surface area contributed by atoms with E-state index in [-0.39, 0.29) is 11.5 Å². The van der Waals surface area contributed by atoms with Crippen molar-refractivity contribution in [1.82, 2.24) is 14.3 Å². The first kappa shape index (κ1) is 22.9. The second-order valence-electron chi connectivity index (χ2n) is 8.72. The van der Waals surface area contributed by atoms with Crippen LogP contribution >= 0.6 is 24.0 Å². The van der Waals surface area contributed by atoms with Crippen LogP contribution in [0.15, 0.2) is 28.0 Å². The van der Waals surface area contributed by atoms with Crippen molar-refractivity contribution < 1.29 is 9.53 Å². The number of nitrogens with zero attached hydrogens (tertiary/aromatic N) is 4. The summed E-state index contributed by atoms with van der Waals surface area (Å²) in [6, 6.07) is 3.79. The number of ether oxygens (including phenoxy) is 1. The predicted molar refractivity (Wildman–Crippen MR) is 133 cm³/mol. The number of anilines is 1. The number of fused-ring (bicyclic) bond motifs is 1. The fraction of sp³-hybridized carbons (Fsp3) is 0.478. The number of hydrogen-bond donors (Lipinski definition) is 0. The Morgan fingerprint density at radius 2 is 2.00 bits per heavy atom. The number of hydrogen-bond acceptors (Lipinski definition) is 7. The van der Waals surface area contributed by atoms with Crippen LogP contribution in [-0.2, 0) is 9.53 Å². The van der Waals surface area contributed by atoms with Gasteiger partial charge in [0.1, 0.15) is 15.8 Å². The fourth-order valence-electron chi connectivity index (χ4n) is 4.51. The summed E-state index contributed by atoms with van der Waals surface area (Å²) in [5, 5.41) is 0. The Labute approximate surface area is 197 Å². The molecule has 2 fully saturated rings. The summed E-state index contributed by atoms with van der Waals surface area (Å²) in [5.74, 6) is 1.44. The van der Waals surface area contributed by atoms with Gasteiger partial charge in [-0.3, -0.25) is 18.9 Å². The van der Waals surface area contributed by atoms with Crippen LogP contribution in [0.1, 0.15) is 31.4 Å². The van der Waals surface area contributed by atoms with Gasteiger partial charge in [0.05, 0.1) is 23.6 Å². The van der Waals surface area contributed by atoms with Gasteiger partial charge in [0.2, 0.25) is 0 Å². The van der Waals surface area contributed by atoms with Crippen molar-refractivity contribution in [3.8, 4) is 0 Å². The molecule has 2 aliphatic heterocycles. The highest BCUT2D eigenvalue weighted by Crippen LogP contribution is 2.34. The largest absolute Gasteiger partial charge is 0.383 e. The minimum absolute atomic E-state index is 0.179. The Balaban J connectivity index is 1.85. The first-order valence-electron chi connectivity index (χ1n) is 10.8. The number of thiocarbonyl (C=S) groups is 1. The van der Waals surface area contributed by atoms with Crippen molar-refractivity contribution in [2.75, 3.05) is 38.3 Å².